The molecular weight excluding hydrogens is 422 g/mol. The molecule has 0 aromatic heterocycles. The van der Waals surface area contributed by atoms with Crippen LogP contribution in [0.2, 0.25) is 0 Å². The summed E-state index contributed by atoms with van der Waals surface area (Å²) in [5.74, 6) is -0.367. The van der Waals surface area contributed by atoms with Crippen LogP contribution in [0, 0.1) is 13.8 Å². The summed E-state index contributed by atoms with van der Waals surface area (Å²) in [4.78, 5) is 32.5. The first-order chi connectivity index (χ1) is 15.4. The number of aryl methyl sites for hydroxylation is 2. The third-order valence-corrected chi connectivity index (χ3v) is 7.33. The number of nitrogens with zero attached hydrogens (tertiary/aromatic N) is 2. The number of esters is 1. The van der Waals surface area contributed by atoms with Crippen LogP contribution in [0.25, 0.3) is 0 Å². The topological polar surface area (TPSA) is 71.0 Å². The predicted octanol–water partition coefficient (Wildman–Crippen LogP) is 4.89. The Morgan fingerprint density at radius 1 is 1.19 bits per heavy atom. The Morgan fingerprint density at radius 3 is 2.62 bits per heavy atom. The summed E-state index contributed by atoms with van der Waals surface area (Å²) < 4.78 is 5.14. The summed E-state index contributed by atoms with van der Waals surface area (Å²) in [6.07, 6.45) is 5.96. The third-order valence-electron chi connectivity index (χ3n) is 6.44. The van der Waals surface area contributed by atoms with Crippen LogP contribution in [0.4, 0.5) is 0 Å². The second-order valence-corrected chi connectivity index (χ2v) is 9.66. The number of nitrogens with one attached hydrogen (secondary N) is 1. The summed E-state index contributed by atoms with van der Waals surface area (Å²) in [6.45, 7) is 5.96. The van der Waals surface area contributed by atoms with Gasteiger partial charge in [-0.15, -0.1) is 0 Å². The normalized spacial score (nSPS) is 21.1. The van der Waals surface area contributed by atoms with Crippen LogP contribution in [-0.2, 0) is 14.3 Å². The first-order valence-electron chi connectivity index (χ1n) is 11.3. The van der Waals surface area contributed by atoms with E-state index in [1.807, 2.05) is 17.2 Å². The largest absolute Gasteiger partial charge is 0.466 e. The average molecular weight is 454 g/mol. The fourth-order valence-corrected chi connectivity index (χ4v) is 5.82. The number of rotatable bonds is 5. The number of carbonyl (C=O) groups is 2. The van der Waals surface area contributed by atoms with E-state index in [1.54, 1.807) is 0 Å². The van der Waals surface area contributed by atoms with Crippen LogP contribution < -0.4 is 5.32 Å². The molecule has 1 aromatic carbocycles. The van der Waals surface area contributed by atoms with Crippen molar-refractivity contribution < 1.29 is 14.3 Å². The lowest BCUT2D eigenvalue weighted by Crippen LogP contribution is -2.40. The number of methoxy groups -OCH3 is 1. The molecule has 1 aliphatic carbocycles. The number of hydrogen-bond donors (Lipinski definition) is 1. The standard InChI is InChI=1S/C25H31N3O3S/c1-15-10-11-20(16(2)12-15)23-22(24(30)31-4)17(3)26-25-28(23)19(14-32-25)13-21(29)27-18-8-6-5-7-9-18/h10-12,14,18,23H,5-9,13H2,1-4H3,(H,27,29)/t23-/m0/s1. The van der Waals surface area contributed by atoms with Gasteiger partial charge in [0.1, 0.15) is 0 Å². The number of carbonyl (C=O) groups excluding carboxylic acids is 2. The second kappa shape index (κ2) is 9.53. The SMILES string of the molecule is COC(=O)C1=C(C)N=C2SC=C(CC(=O)NC3CCCCC3)N2[C@H]1c1ccc(C)cc1C. The average Bonchev–Trinajstić information content (AvgIpc) is 3.15. The number of hydrogen-bond acceptors (Lipinski definition) is 6. The molecule has 2 heterocycles. The zero-order valence-corrected chi connectivity index (χ0v) is 20.1. The molecule has 0 spiro atoms. The number of ether oxygens (including phenoxy) is 1. The molecule has 0 radical (unpaired) electrons. The number of amidine groups is 1. The lowest BCUT2D eigenvalue weighted by molar-refractivity contribution is -0.136. The number of aliphatic imine (C=N–C) groups is 1. The van der Waals surface area contributed by atoms with E-state index in [4.69, 9.17) is 9.73 Å². The maximum absolute atomic E-state index is 12.9. The smallest absolute Gasteiger partial charge is 0.338 e. The summed E-state index contributed by atoms with van der Waals surface area (Å²) in [5.41, 5.74) is 5.30. The Kier molecular flexibility index (Phi) is 6.74. The zero-order chi connectivity index (χ0) is 22.8. The van der Waals surface area contributed by atoms with Crippen molar-refractivity contribution in [2.24, 2.45) is 4.99 Å². The lowest BCUT2D eigenvalue weighted by Gasteiger charge is -2.37. The van der Waals surface area contributed by atoms with Crippen LogP contribution in [0.1, 0.15) is 68.2 Å². The fraction of sp³-hybridized carbons (Fsp3) is 0.480. The quantitative estimate of drug-likeness (QED) is 0.643. The van der Waals surface area contributed by atoms with Gasteiger partial charge in [-0.2, -0.15) is 0 Å². The molecule has 4 rings (SSSR count). The van der Waals surface area contributed by atoms with Gasteiger partial charge in [-0.05, 0) is 50.1 Å². The van der Waals surface area contributed by atoms with Crippen molar-refractivity contribution >= 4 is 28.8 Å². The lowest BCUT2D eigenvalue weighted by atomic mass is 9.90. The second-order valence-electron chi connectivity index (χ2n) is 8.82. The Labute approximate surface area is 194 Å². The van der Waals surface area contributed by atoms with Crippen molar-refractivity contribution in [3.63, 3.8) is 0 Å². The van der Waals surface area contributed by atoms with Crippen molar-refractivity contribution in [2.45, 2.75) is 71.4 Å². The first kappa shape index (κ1) is 22.6. The van der Waals surface area contributed by atoms with E-state index in [1.165, 1.54) is 38.1 Å². The van der Waals surface area contributed by atoms with Gasteiger partial charge in [0.05, 0.1) is 30.8 Å². The van der Waals surface area contributed by atoms with Gasteiger partial charge in [-0.3, -0.25) is 4.79 Å². The summed E-state index contributed by atoms with van der Waals surface area (Å²) in [6, 6.07) is 6.13. The summed E-state index contributed by atoms with van der Waals surface area (Å²) in [5, 5.41) is 5.99. The van der Waals surface area contributed by atoms with Gasteiger partial charge in [-0.1, -0.05) is 54.8 Å². The molecule has 1 aromatic rings. The van der Waals surface area contributed by atoms with Gasteiger partial charge in [0, 0.05) is 11.7 Å². The molecule has 1 saturated carbocycles. The van der Waals surface area contributed by atoms with E-state index in [-0.39, 0.29) is 24.4 Å². The molecule has 0 saturated heterocycles. The van der Waals surface area contributed by atoms with Crippen molar-refractivity contribution in [1.82, 2.24) is 10.2 Å². The van der Waals surface area contributed by atoms with Crippen molar-refractivity contribution in [1.29, 1.82) is 0 Å². The molecule has 32 heavy (non-hydrogen) atoms. The highest BCUT2D eigenvalue weighted by Crippen LogP contribution is 2.45. The molecule has 0 bridgehead atoms. The van der Waals surface area contributed by atoms with Crippen LogP contribution >= 0.6 is 11.8 Å². The number of thioether (sulfide) groups is 1. The summed E-state index contributed by atoms with van der Waals surface area (Å²) >= 11 is 1.50. The number of allylic oxidation sites excluding steroid dienone is 1. The van der Waals surface area contributed by atoms with Gasteiger partial charge >= 0.3 is 5.97 Å². The number of amides is 1. The highest BCUT2D eigenvalue weighted by atomic mass is 32.2. The molecule has 1 amide bonds. The van der Waals surface area contributed by atoms with Gasteiger partial charge < -0.3 is 15.0 Å². The Balaban J connectivity index is 1.66. The van der Waals surface area contributed by atoms with Gasteiger partial charge in [0.15, 0.2) is 5.17 Å². The highest BCUT2D eigenvalue weighted by molar-refractivity contribution is 8.16. The molecule has 0 unspecified atom stereocenters. The van der Waals surface area contributed by atoms with Crippen LogP contribution in [0.5, 0.6) is 0 Å². The highest BCUT2D eigenvalue weighted by Gasteiger charge is 2.41. The van der Waals surface area contributed by atoms with E-state index < -0.39 is 5.97 Å². The molecule has 7 heteroatoms. The number of fused-ring (bicyclic) bond motifs is 1. The molecule has 1 atom stereocenters. The van der Waals surface area contributed by atoms with Crippen LogP contribution in [0.15, 0.2) is 45.6 Å². The maximum atomic E-state index is 12.9. The monoisotopic (exact) mass is 453 g/mol. The third kappa shape index (κ3) is 4.49. The zero-order valence-electron chi connectivity index (χ0n) is 19.2. The molecule has 1 N–H and O–H groups in total. The Hall–Kier alpha value is -2.54. The van der Waals surface area contributed by atoms with Crippen LogP contribution in [0.3, 0.4) is 0 Å². The molecule has 170 valence electrons. The van der Waals surface area contributed by atoms with Gasteiger partial charge in [0.25, 0.3) is 0 Å². The van der Waals surface area contributed by atoms with Gasteiger partial charge in [0.2, 0.25) is 5.91 Å². The fourth-order valence-electron chi connectivity index (χ4n) is 4.86. The van der Waals surface area contributed by atoms with Crippen molar-refractivity contribution in [3.05, 3.63) is 57.3 Å². The number of benzene rings is 1. The van der Waals surface area contributed by atoms with Crippen molar-refractivity contribution in [2.75, 3.05) is 7.11 Å². The first-order valence-corrected chi connectivity index (χ1v) is 12.2. The van der Waals surface area contributed by atoms with E-state index in [9.17, 15) is 9.59 Å². The Bertz CT molecular complexity index is 1020. The minimum Gasteiger partial charge on any atom is -0.466 e. The van der Waals surface area contributed by atoms with Gasteiger partial charge in [-0.25, -0.2) is 9.79 Å². The Morgan fingerprint density at radius 2 is 1.94 bits per heavy atom. The minimum atomic E-state index is -0.391. The van der Waals surface area contributed by atoms with Crippen molar-refractivity contribution in [3.8, 4) is 0 Å². The molecule has 3 aliphatic rings. The van der Waals surface area contributed by atoms with Crippen LogP contribution in [-0.4, -0.2) is 35.1 Å². The van der Waals surface area contributed by atoms with E-state index in [0.29, 0.717) is 11.3 Å². The molecule has 6 nitrogen and oxygen atoms in total. The summed E-state index contributed by atoms with van der Waals surface area (Å²) in [7, 11) is 1.40. The van der Waals surface area contributed by atoms with E-state index in [0.717, 1.165) is 40.4 Å². The minimum absolute atomic E-state index is 0.0234. The van der Waals surface area contributed by atoms with E-state index >= 15 is 0 Å². The molecular formula is C25H31N3O3S. The predicted molar refractivity (Wildman–Crippen MR) is 128 cm³/mol. The van der Waals surface area contributed by atoms with E-state index in [2.05, 4.69) is 37.4 Å². The molecule has 2 aliphatic heterocycles. The molecule has 1 fully saturated rings. The maximum Gasteiger partial charge on any atom is 0.338 e.